The first-order chi connectivity index (χ1) is 5.97. The fourth-order valence-corrected chi connectivity index (χ4v) is 3.94. The molecular formula is C12H22O. The van der Waals surface area contributed by atoms with E-state index in [4.69, 9.17) is 0 Å². The van der Waals surface area contributed by atoms with E-state index in [2.05, 4.69) is 20.8 Å². The number of hydrogen-bond acceptors (Lipinski definition) is 1. The third-order valence-electron chi connectivity index (χ3n) is 4.77. The highest BCUT2D eigenvalue weighted by Crippen LogP contribution is 2.59. The second-order valence-corrected chi connectivity index (χ2v) is 5.99. The molecule has 0 aromatic carbocycles. The van der Waals surface area contributed by atoms with Crippen LogP contribution in [0.4, 0.5) is 0 Å². The Morgan fingerprint density at radius 3 is 2.38 bits per heavy atom. The average molecular weight is 182 g/mol. The van der Waals surface area contributed by atoms with Gasteiger partial charge in [0.15, 0.2) is 0 Å². The van der Waals surface area contributed by atoms with Gasteiger partial charge in [-0.3, -0.25) is 0 Å². The molecule has 2 aliphatic carbocycles. The molecule has 0 aromatic rings. The Morgan fingerprint density at radius 1 is 1.08 bits per heavy atom. The highest BCUT2D eigenvalue weighted by Gasteiger charge is 2.53. The summed E-state index contributed by atoms with van der Waals surface area (Å²) in [4.78, 5) is 0. The summed E-state index contributed by atoms with van der Waals surface area (Å²) in [6.45, 7) is 7.07. The van der Waals surface area contributed by atoms with Crippen molar-refractivity contribution in [2.24, 2.45) is 16.7 Å². The monoisotopic (exact) mass is 182 g/mol. The van der Waals surface area contributed by atoms with Crippen LogP contribution in [0, 0.1) is 16.7 Å². The summed E-state index contributed by atoms with van der Waals surface area (Å²) in [5, 5.41) is 10.0. The van der Waals surface area contributed by atoms with Crippen LogP contribution in [0.25, 0.3) is 0 Å². The van der Waals surface area contributed by atoms with Crippen LogP contribution in [0.5, 0.6) is 0 Å². The zero-order valence-corrected chi connectivity index (χ0v) is 9.14. The Hall–Kier alpha value is -0.0400. The summed E-state index contributed by atoms with van der Waals surface area (Å²) in [7, 11) is 0. The van der Waals surface area contributed by atoms with Gasteiger partial charge < -0.3 is 5.11 Å². The van der Waals surface area contributed by atoms with E-state index >= 15 is 0 Å². The summed E-state index contributed by atoms with van der Waals surface area (Å²) in [5.74, 6) is 0.753. The van der Waals surface area contributed by atoms with E-state index in [1.807, 2.05) is 0 Å². The number of fused-ring (bicyclic) bond motifs is 1. The minimum Gasteiger partial charge on any atom is -0.393 e. The van der Waals surface area contributed by atoms with Crippen molar-refractivity contribution < 1.29 is 5.11 Å². The molecule has 2 fully saturated rings. The van der Waals surface area contributed by atoms with E-state index in [1.165, 1.54) is 25.7 Å². The topological polar surface area (TPSA) is 20.2 Å². The lowest BCUT2D eigenvalue weighted by Crippen LogP contribution is -2.43. The van der Waals surface area contributed by atoms with Crippen molar-refractivity contribution in [1.82, 2.24) is 0 Å². The summed E-state index contributed by atoms with van der Waals surface area (Å²) in [6.07, 6.45) is 6.13. The maximum absolute atomic E-state index is 10.0. The normalized spacial score (nSPS) is 48.9. The molecule has 1 unspecified atom stereocenters. The fraction of sp³-hybridized carbons (Fsp3) is 1.00. The van der Waals surface area contributed by atoms with E-state index in [1.54, 1.807) is 0 Å². The third kappa shape index (κ3) is 1.24. The van der Waals surface area contributed by atoms with Crippen molar-refractivity contribution in [3.05, 3.63) is 0 Å². The summed E-state index contributed by atoms with van der Waals surface area (Å²) in [5.41, 5.74) is 0.701. The molecule has 0 radical (unpaired) electrons. The average Bonchev–Trinajstić information content (AvgIpc) is 2.29. The quantitative estimate of drug-likeness (QED) is 0.610. The molecule has 1 heteroatoms. The van der Waals surface area contributed by atoms with Crippen LogP contribution in [0.1, 0.15) is 52.9 Å². The van der Waals surface area contributed by atoms with Crippen molar-refractivity contribution in [3.8, 4) is 0 Å². The van der Waals surface area contributed by atoms with E-state index in [0.717, 1.165) is 12.3 Å². The van der Waals surface area contributed by atoms with Crippen molar-refractivity contribution >= 4 is 0 Å². The molecule has 1 nitrogen and oxygen atoms in total. The standard InChI is InChI=1S/C12H22O/c1-11(2)7-4-8-12(3)9(11)5-6-10(12)13/h9-10,13H,4-8H2,1-3H3/t9?,10-,12-/m0/s1. The molecule has 0 heterocycles. The zero-order valence-electron chi connectivity index (χ0n) is 9.14. The highest BCUT2D eigenvalue weighted by atomic mass is 16.3. The number of rotatable bonds is 0. The molecule has 2 rings (SSSR count). The second kappa shape index (κ2) is 2.73. The van der Waals surface area contributed by atoms with E-state index < -0.39 is 0 Å². The summed E-state index contributed by atoms with van der Waals surface area (Å²) >= 11 is 0. The molecule has 0 saturated heterocycles. The molecule has 0 aromatic heterocycles. The lowest BCUT2D eigenvalue weighted by Gasteiger charge is -2.48. The molecule has 0 spiro atoms. The van der Waals surface area contributed by atoms with Crippen LogP contribution in [-0.2, 0) is 0 Å². The Bertz CT molecular complexity index is 209. The molecule has 0 aliphatic heterocycles. The van der Waals surface area contributed by atoms with Crippen LogP contribution in [-0.4, -0.2) is 11.2 Å². The van der Waals surface area contributed by atoms with E-state index in [9.17, 15) is 5.11 Å². The van der Waals surface area contributed by atoms with E-state index in [0.29, 0.717) is 5.41 Å². The zero-order chi connectivity index (χ0) is 9.69. The van der Waals surface area contributed by atoms with Crippen molar-refractivity contribution in [3.63, 3.8) is 0 Å². The maximum atomic E-state index is 10.0. The van der Waals surface area contributed by atoms with Gasteiger partial charge in [-0.05, 0) is 42.4 Å². The van der Waals surface area contributed by atoms with Gasteiger partial charge in [-0.15, -0.1) is 0 Å². The molecule has 76 valence electrons. The van der Waals surface area contributed by atoms with E-state index in [-0.39, 0.29) is 11.5 Å². The van der Waals surface area contributed by atoms with Gasteiger partial charge in [0.2, 0.25) is 0 Å². The van der Waals surface area contributed by atoms with Crippen LogP contribution in [0.3, 0.4) is 0 Å². The first-order valence-corrected chi connectivity index (χ1v) is 5.65. The summed E-state index contributed by atoms with van der Waals surface area (Å²) in [6, 6.07) is 0. The predicted molar refractivity (Wildman–Crippen MR) is 54.5 cm³/mol. The summed E-state index contributed by atoms with van der Waals surface area (Å²) < 4.78 is 0. The van der Waals surface area contributed by atoms with Crippen LogP contribution < -0.4 is 0 Å². The van der Waals surface area contributed by atoms with Gasteiger partial charge >= 0.3 is 0 Å². The maximum Gasteiger partial charge on any atom is 0.0596 e. The molecule has 3 atom stereocenters. The molecule has 2 saturated carbocycles. The van der Waals surface area contributed by atoms with Crippen LogP contribution >= 0.6 is 0 Å². The number of aliphatic hydroxyl groups is 1. The van der Waals surface area contributed by atoms with Gasteiger partial charge in [0, 0.05) is 0 Å². The fourth-order valence-electron chi connectivity index (χ4n) is 3.94. The Labute approximate surface area is 81.5 Å². The minimum absolute atomic E-state index is 0.0305. The SMILES string of the molecule is CC1(C)CCC[C@@]2(C)C1CC[C@@H]2O. The molecule has 13 heavy (non-hydrogen) atoms. The van der Waals surface area contributed by atoms with Gasteiger partial charge in [-0.2, -0.15) is 0 Å². The second-order valence-electron chi connectivity index (χ2n) is 5.99. The van der Waals surface area contributed by atoms with Gasteiger partial charge in [-0.1, -0.05) is 27.2 Å². The lowest BCUT2D eigenvalue weighted by atomic mass is 9.57. The highest BCUT2D eigenvalue weighted by molar-refractivity contribution is 5.03. The van der Waals surface area contributed by atoms with Crippen molar-refractivity contribution in [1.29, 1.82) is 0 Å². The first kappa shape index (κ1) is 9.51. The first-order valence-electron chi connectivity index (χ1n) is 5.65. The largest absolute Gasteiger partial charge is 0.393 e. The van der Waals surface area contributed by atoms with Gasteiger partial charge in [0.05, 0.1) is 6.10 Å². The molecule has 2 aliphatic rings. The Kier molecular flexibility index (Phi) is 1.99. The van der Waals surface area contributed by atoms with Gasteiger partial charge in [0.1, 0.15) is 0 Å². The van der Waals surface area contributed by atoms with Gasteiger partial charge in [-0.25, -0.2) is 0 Å². The van der Waals surface area contributed by atoms with Crippen LogP contribution in [0.15, 0.2) is 0 Å². The third-order valence-corrected chi connectivity index (χ3v) is 4.77. The predicted octanol–water partition coefficient (Wildman–Crippen LogP) is 2.97. The smallest absolute Gasteiger partial charge is 0.0596 e. The molecule has 1 N–H and O–H groups in total. The molecular weight excluding hydrogens is 160 g/mol. The lowest BCUT2D eigenvalue weighted by molar-refractivity contribution is -0.0400. The number of aliphatic hydroxyl groups excluding tert-OH is 1. The van der Waals surface area contributed by atoms with Crippen molar-refractivity contribution in [2.45, 2.75) is 59.0 Å². The van der Waals surface area contributed by atoms with Crippen LogP contribution in [0.2, 0.25) is 0 Å². The van der Waals surface area contributed by atoms with Crippen molar-refractivity contribution in [2.75, 3.05) is 0 Å². The Morgan fingerprint density at radius 2 is 1.77 bits per heavy atom. The molecule has 0 bridgehead atoms. The van der Waals surface area contributed by atoms with Gasteiger partial charge in [0.25, 0.3) is 0 Å². The number of hydrogen-bond donors (Lipinski definition) is 1. The minimum atomic E-state index is -0.0305. The molecule has 0 amide bonds. The Balaban J connectivity index is 2.28.